The van der Waals surface area contributed by atoms with E-state index in [4.69, 9.17) is 4.74 Å². The zero-order valence-electron chi connectivity index (χ0n) is 17.3. The molecule has 0 aliphatic carbocycles. The fourth-order valence-corrected chi connectivity index (χ4v) is 4.35. The van der Waals surface area contributed by atoms with Gasteiger partial charge in [-0.2, -0.15) is 0 Å². The van der Waals surface area contributed by atoms with Crippen molar-refractivity contribution in [2.75, 3.05) is 46.9 Å². The summed E-state index contributed by atoms with van der Waals surface area (Å²) in [5, 5.41) is 0. The number of morpholine rings is 1. The number of ether oxygens (including phenoxy) is 1. The molecule has 1 saturated heterocycles. The Morgan fingerprint density at radius 3 is 2.18 bits per heavy atom. The Morgan fingerprint density at radius 1 is 1.04 bits per heavy atom. The van der Waals surface area contributed by atoms with Gasteiger partial charge in [-0.05, 0) is 26.1 Å². The second-order valence-corrected chi connectivity index (χ2v) is 7.85. The molecule has 3 rings (SSSR count). The molecule has 0 radical (unpaired) electrons. The van der Waals surface area contributed by atoms with E-state index in [0.717, 1.165) is 44.8 Å². The first kappa shape index (κ1) is 20.7. The van der Waals surface area contributed by atoms with Crippen molar-refractivity contribution in [1.29, 1.82) is 0 Å². The van der Waals surface area contributed by atoms with Crippen LogP contribution in [0.1, 0.15) is 35.2 Å². The van der Waals surface area contributed by atoms with Crippen LogP contribution in [0.15, 0.2) is 60.7 Å². The molecule has 1 aliphatic rings. The molecule has 0 saturated carbocycles. The van der Waals surface area contributed by atoms with Crippen LogP contribution in [0.25, 0.3) is 0 Å². The molecule has 2 unspecified atom stereocenters. The number of likely N-dealkylation sites (N-methyl/N-ethyl adjacent to an activating group) is 1. The summed E-state index contributed by atoms with van der Waals surface area (Å²) in [6.07, 6.45) is 0.782. The molecule has 2 atom stereocenters. The van der Waals surface area contributed by atoms with Crippen LogP contribution in [0.2, 0.25) is 0 Å². The number of ketones is 1. The Kier molecular flexibility index (Phi) is 7.00. The summed E-state index contributed by atoms with van der Waals surface area (Å²) in [5.74, 6) is 0.264. The van der Waals surface area contributed by atoms with Gasteiger partial charge >= 0.3 is 0 Å². The molecule has 0 N–H and O–H groups in total. The molecule has 28 heavy (non-hydrogen) atoms. The third-order valence-corrected chi connectivity index (χ3v) is 6.16. The Hall–Kier alpha value is -2.01. The Labute approximate surface area is 169 Å². The van der Waals surface area contributed by atoms with Crippen LogP contribution in [-0.2, 0) is 4.74 Å². The second kappa shape index (κ2) is 9.46. The molecule has 4 heteroatoms. The SMILES string of the molecule is CC(c1ccccc1)C(CCN1CCOCC1)(C(=O)c1ccccc1)N(C)C. The molecule has 2 aromatic rings. The van der Waals surface area contributed by atoms with Crippen molar-refractivity contribution < 1.29 is 9.53 Å². The van der Waals surface area contributed by atoms with Crippen molar-refractivity contribution in [2.45, 2.75) is 24.8 Å². The summed E-state index contributed by atoms with van der Waals surface area (Å²) >= 11 is 0. The maximum absolute atomic E-state index is 13.9. The molecule has 1 fully saturated rings. The molecule has 0 amide bonds. The van der Waals surface area contributed by atoms with Crippen LogP contribution in [0.3, 0.4) is 0 Å². The van der Waals surface area contributed by atoms with Crippen LogP contribution in [0.5, 0.6) is 0 Å². The van der Waals surface area contributed by atoms with Crippen molar-refractivity contribution in [3.8, 4) is 0 Å². The zero-order chi connectivity index (χ0) is 20.0. The number of hydrogen-bond donors (Lipinski definition) is 0. The molecule has 0 spiro atoms. The largest absolute Gasteiger partial charge is 0.379 e. The van der Waals surface area contributed by atoms with Crippen molar-refractivity contribution >= 4 is 5.78 Å². The number of nitrogens with zero attached hydrogens (tertiary/aromatic N) is 2. The monoisotopic (exact) mass is 380 g/mol. The lowest BCUT2D eigenvalue weighted by Gasteiger charge is -2.45. The van der Waals surface area contributed by atoms with E-state index in [1.165, 1.54) is 5.56 Å². The highest BCUT2D eigenvalue weighted by Gasteiger charge is 2.46. The van der Waals surface area contributed by atoms with Crippen LogP contribution in [0.4, 0.5) is 0 Å². The van der Waals surface area contributed by atoms with Crippen molar-refractivity contribution in [1.82, 2.24) is 9.80 Å². The van der Waals surface area contributed by atoms with E-state index in [1.807, 2.05) is 50.5 Å². The van der Waals surface area contributed by atoms with E-state index in [2.05, 4.69) is 41.0 Å². The predicted molar refractivity (Wildman–Crippen MR) is 114 cm³/mol. The summed E-state index contributed by atoms with van der Waals surface area (Å²) < 4.78 is 5.49. The summed E-state index contributed by atoms with van der Waals surface area (Å²) in [6, 6.07) is 20.1. The van der Waals surface area contributed by atoms with Crippen LogP contribution in [0, 0.1) is 0 Å². The molecule has 1 heterocycles. The Balaban J connectivity index is 1.97. The van der Waals surface area contributed by atoms with Gasteiger partial charge in [-0.15, -0.1) is 0 Å². The van der Waals surface area contributed by atoms with Gasteiger partial charge in [-0.25, -0.2) is 0 Å². The maximum atomic E-state index is 13.9. The number of carbonyl (C=O) groups excluding carboxylic acids is 1. The van der Waals surface area contributed by atoms with E-state index in [-0.39, 0.29) is 11.7 Å². The van der Waals surface area contributed by atoms with Crippen molar-refractivity contribution in [3.05, 3.63) is 71.8 Å². The molecular weight excluding hydrogens is 348 g/mol. The van der Waals surface area contributed by atoms with Gasteiger partial charge in [0.25, 0.3) is 0 Å². The highest BCUT2D eigenvalue weighted by Crippen LogP contribution is 2.38. The number of carbonyl (C=O) groups is 1. The first-order valence-electron chi connectivity index (χ1n) is 10.2. The lowest BCUT2D eigenvalue weighted by molar-refractivity contribution is 0.0233. The number of hydrogen-bond acceptors (Lipinski definition) is 4. The Morgan fingerprint density at radius 2 is 1.61 bits per heavy atom. The standard InChI is InChI=1S/C24H32N2O2/c1-20(21-10-6-4-7-11-21)24(25(2)3,14-15-26-16-18-28-19-17-26)23(27)22-12-8-5-9-13-22/h4-13,20H,14-19H2,1-3H3. The molecule has 1 aliphatic heterocycles. The average Bonchev–Trinajstić information content (AvgIpc) is 2.75. The Bertz CT molecular complexity index is 742. The van der Waals surface area contributed by atoms with Crippen molar-refractivity contribution in [3.63, 3.8) is 0 Å². The molecule has 0 bridgehead atoms. The third-order valence-electron chi connectivity index (χ3n) is 6.16. The predicted octanol–water partition coefficient (Wildman–Crippen LogP) is 3.70. The number of Topliss-reactive ketones (excluding diaryl/α,β-unsaturated/α-hetero) is 1. The lowest BCUT2D eigenvalue weighted by Crippen LogP contribution is -2.56. The van der Waals surface area contributed by atoms with E-state index in [1.54, 1.807) is 0 Å². The van der Waals surface area contributed by atoms with Crippen molar-refractivity contribution in [2.24, 2.45) is 0 Å². The first-order valence-corrected chi connectivity index (χ1v) is 10.2. The summed E-state index contributed by atoms with van der Waals surface area (Å²) in [6.45, 7) is 6.49. The highest BCUT2D eigenvalue weighted by atomic mass is 16.5. The summed E-state index contributed by atoms with van der Waals surface area (Å²) in [7, 11) is 4.08. The van der Waals surface area contributed by atoms with Gasteiger partial charge in [0.1, 0.15) is 0 Å². The molecular formula is C24H32N2O2. The van der Waals surface area contributed by atoms with Gasteiger partial charge in [0, 0.05) is 31.1 Å². The van der Waals surface area contributed by atoms with Gasteiger partial charge in [-0.1, -0.05) is 67.6 Å². The summed E-state index contributed by atoms with van der Waals surface area (Å²) in [4.78, 5) is 18.5. The lowest BCUT2D eigenvalue weighted by atomic mass is 9.72. The first-order chi connectivity index (χ1) is 13.6. The molecule has 0 aromatic heterocycles. The third kappa shape index (κ3) is 4.35. The van der Waals surface area contributed by atoms with Gasteiger partial charge in [0.2, 0.25) is 0 Å². The number of rotatable bonds is 8. The molecule has 150 valence electrons. The van der Waals surface area contributed by atoms with Gasteiger partial charge in [0.05, 0.1) is 18.8 Å². The summed E-state index contributed by atoms with van der Waals surface area (Å²) in [5.41, 5.74) is 1.37. The van der Waals surface area contributed by atoms with Crippen LogP contribution in [-0.4, -0.2) is 68.1 Å². The zero-order valence-corrected chi connectivity index (χ0v) is 17.3. The minimum Gasteiger partial charge on any atom is -0.379 e. The minimum atomic E-state index is -0.610. The van der Waals surface area contributed by atoms with E-state index in [9.17, 15) is 4.79 Å². The van der Waals surface area contributed by atoms with E-state index < -0.39 is 5.54 Å². The van der Waals surface area contributed by atoms with Gasteiger partial charge in [-0.3, -0.25) is 14.6 Å². The van der Waals surface area contributed by atoms with Crippen LogP contribution >= 0.6 is 0 Å². The van der Waals surface area contributed by atoms with E-state index >= 15 is 0 Å². The average molecular weight is 381 g/mol. The normalized spacial score (nSPS) is 18.6. The maximum Gasteiger partial charge on any atom is 0.183 e. The highest BCUT2D eigenvalue weighted by molar-refractivity contribution is 6.04. The van der Waals surface area contributed by atoms with Gasteiger partial charge < -0.3 is 4.74 Å². The number of benzene rings is 2. The smallest absolute Gasteiger partial charge is 0.183 e. The van der Waals surface area contributed by atoms with Crippen LogP contribution < -0.4 is 0 Å². The molecule has 2 aromatic carbocycles. The fourth-order valence-electron chi connectivity index (χ4n) is 4.35. The minimum absolute atomic E-state index is 0.0671. The topological polar surface area (TPSA) is 32.8 Å². The second-order valence-electron chi connectivity index (χ2n) is 7.85. The molecule has 4 nitrogen and oxygen atoms in total. The fraction of sp³-hybridized carbons (Fsp3) is 0.458. The quantitative estimate of drug-likeness (QED) is 0.654. The van der Waals surface area contributed by atoms with Gasteiger partial charge in [0.15, 0.2) is 5.78 Å². The van der Waals surface area contributed by atoms with E-state index in [0.29, 0.717) is 0 Å².